The van der Waals surface area contributed by atoms with Crippen molar-refractivity contribution in [3.63, 3.8) is 0 Å². The number of carbonyl (C=O) groups excluding carboxylic acids is 2. The van der Waals surface area contributed by atoms with Crippen molar-refractivity contribution in [2.45, 2.75) is 32.5 Å². The second-order valence-corrected chi connectivity index (χ2v) is 4.38. The van der Waals surface area contributed by atoms with E-state index in [9.17, 15) is 22.8 Å². The first-order valence-electron chi connectivity index (χ1n) is 5.36. The van der Waals surface area contributed by atoms with Gasteiger partial charge in [-0.25, -0.2) is 0 Å². The summed E-state index contributed by atoms with van der Waals surface area (Å²) in [7, 11) is 0. The number of carbonyl (C=O) groups is 2. The zero-order valence-electron chi connectivity index (χ0n) is 9.67. The summed E-state index contributed by atoms with van der Waals surface area (Å²) in [5.41, 5.74) is 0. The van der Waals surface area contributed by atoms with E-state index in [2.05, 4.69) is 5.32 Å². The van der Waals surface area contributed by atoms with Crippen LogP contribution in [-0.2, 0) is 9.59 Å². The van der Waals surface area contributed by atoms with E-state index in [0.717, 1.165) is 4.90 Å². The molecule has 0 unspecified atom stereocenters. The molecule has 98 valence electrons. The molecule has 1 saturated heterocycles. The molecule has 1 rings (SSSR count). The Morgan fingerprint density at radius 3 is 2.59 bits per heavy atom. The lowest BCUT2D eigenvalue weighted by atomic mass is 10.2. The predicted octanol–water partition coefficient (Wildman–Crippen LogP) is 0.922. The van der Waals surface area contributed by atoms with Crippen molar-refractivity contribution in [2.24, 2.45) is 5.92 Å². The van der Waals surface area contributed by atoms with Crippen molar-refractivity contribution in [3.05, 3.63) is 0 Å². The summed E-state index contributed by atoms with van der Waals surface area (Å²) in [5.74, 6) is -1.27. The summed E-state index contributed by atoms with van der Waals surface area (Å²) in [5, 5.41) is 2.45. The molecule has 0 saturated carbocycles. The molecule has 0 spiro atoms. The first-order valence-corrected chi connectivity index (χ1v) is 5.36. The molecule has 0 aromatic rings. The van der Waals surface area contributed by atoms with Crippen molar-refractivity contribution in [1.29, 1.82) is 0 Å². The van der Waals surface area contributed by atoms with E-state index in [-0.39, 0.29) is 24.8 Å². The summed E-state index contributed by atoms with van der Waals surface area (Å²) < 4.78 is 36.4. The van der Waals surface area contributed by atoms with Gasteiger partial charge in [0.15, 0.2) is 0 Å². The summed E-state index contributed by atoms with van der Waals surface area (Å²) in [4.78, 5) is 23.6. The summed E-state index contributed by atoms with van der Waals surface area (Å²) >= 11 is 0. The van der Waals surface area contributed by atoms with E-state index in [4.69, 9.17) is 0 Å². The highest BCUT2D eigenvalue weighted by atomic mass is 19.4. The van der Waals surface area contributed by atoms with Gasteiger partial charge in [0.2, 0.25) is 11.8 Å². The quantitative estimate of drug-likeness (QED) is 0.812. The van der Waals surface area contributed by atoms with Crippen LogP contribution in [0.15, 0.2) is 0 Å². The number of nitrogens with one attached hydrogen (secondary N) is 1. The Hall–Kier alpha value is -1.27. The maximum absolute atomic E-state index is 12.1. The summed E-state index contributed by atoms with van der Waals surface area (Å²) in [6, 6.07) is -0.813. The highest BCUT2D eigenvalue weighted by Crippen LogP contribution is 2.20. The Morgan fingerprint density at radius 2 is 2.12 bits per heavy atom. The molecule has 0 bridgehead atoms. The number of hydrogen-bond acceptors (Lipinski definition) is 2. The standard InChI is InChI=1S/C10H15F3N2O2/c1-6(2)8(16)14-7-3-4-15(9(7)17)5-10(11,12)13/h6-7H,3-5H2,1-2H3,(H,14,16)/t7-/m0/s1. The van der Waals surface area contributed by atoms with Gasteiger partial charge in [-0.05, 0) is 6.42 Å². The van der Waals surface area contributed by atoms with Crippen LogP contribution in [0.5, 0.6) is 0 Å². The number of nitrogens with zero attached hydrogens (tertiary/aromatic N) is 1. The van der Waals surface area contributed by atoms with Crippen LogP contribution < -0.4 is 5.32 Å². The van der Waals surface area contributed by atoms with E-state index in [0.29, 0.717) is 0 Å². The minimum absolute atomic E-state index is 0.0292. The topological polar surface area (TPSA) is 49.4 Å². The lowest BCUT2D eigenvalue weighted by molar-refractivity contribution is -0.158. The predicted molar refractivity (Wildman–Crippen MR) is 54.0 cm³/mol. The Bertz CT molecular complexity index is 315. The fourth-order valence-electron chi connectivity index (χ4n) is 1.58. The van der Waals surface area contributed by atoms with Crippen LogP contribution in [0.1, 0.15) is 20.3 Å². The molecule has 1 fully saturated rings. The van der Waals surface area contributed by atoms with E-state index in [1.54, 1.807) is 13.8 Å². The van der Waals surface area contributed by atoms with Crippen molar-refractivity contribution >= 4 is 11.8 Å². The molecule has 0 aromatic carbocycles. The first-order chi connectivity index (χ1) is 7.70. The highest BCUT2D eigenvalue weighted by Gasteiger charge is 2.39. The van der Waals surface area contributed by atoms with Crippen LogP contribution in [0.4, 0.5) is 13.2 Å². The third-order valence-electron chi connectivity index (χ3n) is 2.51. The number of amides is 2. The number of rotatable bonds is 3. The van der Waals surface area contributed by atoms with Crippen LogP contribution >= 0.6 is 0 Å². The van der Waals surface area contributed by atoms with Gasteiger partial charge in [-0.1, -0.05) is 13.8 Å². The van der Waals surface area contributed by atoms with E-state index in [1.807, 2.05) is 0 Å². The van der Waals surface area contributed by atoms with Crippen molar-refractivity contribution < 1.29 is 22.8 Å². The van der Waals surface area contributed by atoms with Crippen LogP contribution in [0.25, 0.3) is 0 Å². The van der Waals surface area contributed by atoms with Gasteiger partial charge in [0.1, 0.15) is 12.6 Å². The van der Waals surface area contributed by atoms with Gasteiger partial charge in [-0.15, -0.1) is 0 Å². The van der Waals surface area contributed by atoms with E-state index >= 15 is 0 Å². The number of halogens is 3. The molecule has 0 aromatic heterocycles. The number of hydrogen-bond donors (Lipinski definition) is 1. The van der Waals surface area contributed by atoms with Crippen molar-refractivity contribution in [3.8, 4) is 0 Å². The molecule has 0 aliphatic carbocycles. The van der Waals surface area contributed by atoms with Gasteiger partial charge < -0.3 is 10.2 Å². The van der Waals surface area contributed by atoms with Gasteiger partial charge in [-0.3, -0.25) is 9.59 Å². The average Bonchev–Trinajstić information content (AvgIpc) is 2.47. The zero-order valence-corrected chi connectivity index (χ0v) is 9.67. The highest BCUT2D eigenvalue weighted by molar-refractivity contribution is 5.89. The van der Waals surface area contributed by atoms with Gasteiger partial charge in [0.25, 0.3) is 0 Å². The lowest BCUT2D eigenvalue weighted by Gasteiger charge is -2.19. The van der Waals surface area contributed by atoms with Crippen LogP contribution in [0.3, 0.4) is 0 Å². The molecule has 4 nitrogen and oxygen atoms in total. The zero-order chi connectivity index (χ0) is 13.2. The van der Waals surface area contributed by atoms with Crippen LogP contribution in [0, 0.1) is 5.92 Å². The minimum atomic E-state index is -4.40. The SMILES string of the molecule is CC(C)C(=O)N[C@H]1CCN(CC(F)(F)F)C1=O. The van der Waals surface area contributed by atoms with Crippen LogP contribution in [-0.4, -0.2) is 42.0 Å². The Balaban J connectivity index is 2.53. The van der Waals surface area contributed by atoms with E-state index < -0.39 is 24.7 Å². The fourth-order valence-corrected chi connectivity index (χ4v) is 1.58. The lowest BCUT2D eigenvalue weighted by Crippen LogP contribution is -2.44. The molecular weight excluding hydrogens is 237 g/mol. The van der Waals surface area contributed by atoms with Gasteiger partial charge in [-0.2, -0.15) is 13.2 Å². The maximum atomic E-state index is 12.1. The monoisotopic (exact) mass is 252 g/mol. The second kappa shape index (κ2) is 4.93. The maximum Gasteiger partial charge on any atom is 0.406 e. The van der Waals surface area contributed by atoms with Crippen molar-refractivity contribution in [2.75, 3.05) is 13.1 Å². The van der Waals surface area contributed by atoms with Gasteiger partial charge in [0, 0.05) is 12.5 Å². The molecular formula is C10H15F3N2O2. The molecule has 1 aliphatic heterocycles. The van der Waals surface area contributed by atoms with Crippen LogP contribution in [0.2, 0.25) is 0 Å². The first kappa shape index (κ1) is 13.8. The summed E-state index contributed by atoms with van der Waals surface area (Å²) in [6.07, 6.45) is -4.17. The number of likely N-dealkylation sites (tertiary alicyclic amines) is 1. The summed E-state index contributed by atoms with van der Waals surface area (Å²) in [6.45, 7) is 2.09. The largest absolute Gasteiger partial charge is 0.406 e. The molecule has 17 heavy (non-hydrogen) atoms. The average molecular weight is 252 g/mol. The molecule has 0 radical (unpaired) electrons. The van der Waals surface area contributed by atoms with Crippen molar-refractivity contribution in [1.82, 2.24) is 10.2 Å². The van der Waals surface area contributed by atoms with Gasteiger partial charge >= 0.3 is 6.18 Å². The molecule has 1 atom stereocenters. The molecule has 1 aliphatic rings. The molecule has 1 heterocycles. The normalized spacial score (nSPS) is 21.2. The second-order valence-electron chi connectivity index (χ2n) is 4.38. The Labute approximate surface area is 97.1 Å². The third kappa shape index (κ3) is 3.90. The van der Waals surface area contributed by atoms with E-state index in [1.165, 1.54) is 0 Å². The Kier molecular flexibility index (Phi) is 4.00. The van der Waals surface area contributed by atoms with Gasteiger partial charge in [0.05, 0.1) is 0 Å². The smallest absolute Gasteiger partial charge is 0.344 e. The third-order valence-corrected chi connectivity index (χ3v) is 2.51. The number of alkyl halides is 3. The minimum Gasteiger partial charge on any atom is -0.344 e. The fraction of sp³-hybridized carbons (Fsp3) is 0.800. The molecule has 1 N–H and O–H groups in total. The molecule has 7 heteroatoms. The Morgan fingerprint density at radius 1 is 1.53 bits per heavy atom. The molecule has 2 amide bonds.